The van der Waals surface area contributed by atoms with Crippen LogP contribution >= 0.6 is 0 Å². The minimum atomic E-state index is -0.111. The van der Waals surface area contributed by atoms with Gasteiger partial charge in [-0.3, -0.25) is 4.79 Å². The Hall–Kier alpha value is -0.610. The van der Waals surface area contributed by atoms with Crippen molar-refractivity contribution in [1.82, 2.24) is 10.6 Å². The van der Waals surface area contributed by atoms with Crippen LogP contribution in [0.5, 0.6) is 0 Å². The van der Waals surface area contributed by atoms with Crippen molar-refractivity contribution in [2.75, 3.05) is 13.1 Å². The van der Waals surface area contributed by atoms with Gasteiger partial charge in [0.15, 0.2) is 0 Å². The molecule has 0 aromatic heterocycles. The maximum atomic E-state index is 11.4. The normalized spacial score (nSPS) is 24.9. The Kier molecular flexibility index (Phi) is 6.52. The number of amides is 1. The van der Waals surface area contributed by atoms with Crippen LogP contribution in [-0.4, -0.2) is 36.2 Å². The number of carbonyl (C=O) groups is 1. The number of hydrogen-bond donors (Lipinski definition) is 3. The lowest BCUT2D eigenvalue weighted by Gasteiger charge is -2.25. The van der Waals surface area contributed by atoms with Crippen molar-refractivity contribution in [1.29, 1.82) is 0 Å². The SMILES string of the molecule is CC(C)NC(=O)CCNCC1CCCC(O)C1. The first-order valence-corrected chi connectivity index (χ1v) is 6.76. The molecule has 0 aliphatic heterocycles. The lowest BCUT2D eigenvalue weighted by atomic mass is 9.87. The Balaban J connectivity index is 2.01. The van der Waals surface area contributed by atoms with E-state index in [2.05, 4.69) is 10.6 Å². The second kappa shape index (κ2) is 7.67. The molecule has 0 aromatic carbocycles. The van der Waals surface area contributed by atoms with Crippen molar-refractivity contribution in [3.8, 4) is 0 Å². The largest absolute Gasteiger partial charge is 0.393 e. The second-order valence-electron chi connectivity index (χ2n) is 5.36. The fourth-order valence-electron chi connectivity index (χ4n) is 2.35. The first kappa shape index (κ1) is 14.5. The quantitative estimate of drug-likeness (QED) is 0.610. The molecule has 0 radical (unpaired) electrons. The van der Waals surface area contributed by atoms with Gasteiger partial charge in [0.2, 0.25) is 5.91 Å². The van der Waals surface area contributed by atoms with E-state index >= 15 is 0 Å². The summed E-state index contributed by atoms with van der Waals surface area (Å²) in [5.74, 6) is 0.683. The van der Waals surface area contributed by atoms with Crippen molar-refractivity contribution < 1.29 is 9.90 Å². The third-order valence-corrected chi connectivity index (χ3v) is 3.17. The predicted molar refractivity (Wildman–Crippen MR) is 68.7 cm³/mol. The first-order valence-electron chi connectivity index (χ1n) is 6.76. The van der Waals surface area contributed by atoms with Gasteiger partial charge < -0.3 is 15.7 Å². The maximum absolute atomic E-state index is 11.4. The fourth-order valence-corrected chi connectivity index (χ4v) is 2.35. The second-order valence-corrected chi connectivity index (χ2v) is 5.36. The third-order valence-electron chi connectivity index (χ3n) is 3.17. The molecular weight excluding hydrogens is 216 g/mol. The van der Waals surface area contributed by atoms with Crippen LogP contribution < -0.4 is 10.6 Å². The Morgan fingerprint density at radius 1 is 1.41 bits per heavy atom. The summed E-state index contributed by atoms with van der Waals surface area (Å²) in [5, 5.41) is 15.7. The number of nitrogens with one attached hydrogen (secondary N) is 2. The highest BCUT2D eigenvalue weighted by Crippen LogP contribution is 2.23. The van der Waals surface area contributed by atoms with Crippen LogP contribution in [0.15, 0.2) is 0 Å². The topological polar surface area (TPSA) is 61.4 Å². The molecule has 0 heterocycles. The highest BCUT2D eigenvalue weighted by Gasteiger charge is 2.19. The third kappa shape index (κ3) is 6.64. The first-order chi connectivity index (χ1) is 8.08. The van der Waals surface area contributed by atoms with Gasteiger partial charge in [-0.05, 0) is 45.6 Å². The summed E-state index contributed by atoms with van der Waals surface area (Å²) in [7, 11) is 0. The molecular formula is C13H26N2O2. The van der Waals surface area contributed by atoms with Crippen LogP contribution in [0.1, 0.15) is 46.0 Å². The van der Waals surface area contributed by atoms with E-state index in [1.807, 2.05) is 13.8 Å². The molecule has 0 aromatic rings. The van der Waals surface area contributed by atoms with Gasteiger partial charge in [0, 0.05) is 19.0 Å². The summed E-state index contributed by atoms with van der Waals surface area (Å²) >= 11 is 0. The number of aliphatic hydroxyl groups excluding tert-OH is 1. The van der Waals surface area contributed by atoms with Gasteiger partial charge in [-0.25, -0.2) is 0 Å². The van der Waals surface area contributed by atoms with E-state index < -0.39 is 0 Å². The van der Waals surface area contributed by atoms with Gasteiger partial charge in [-0.2, -0.15) is 0 Å². The van der Waals surface area contributed by atoms with E-state index in [4.69, 9.17) is 0 Å². The molecule has 1 saturated carbocycles. The van der Waals surface area contributed by atoms with Gasteiger partial charge in [-0.1, -0.05) is 6.42 Å². The molecule has 17 heavy (non-hydrogen) atoms. The van der Waals surface area contributed by atoms with Crippen molar-refractivity contribution in [2.45, 2.75) is 58.1 Å². The molecule has 1 fully saturated rings. The fraction of sp³-hybridized carbons (Fsp3) is 0.923. The smallest absolute Gasteiger partial charge is 0.221 e. The van der Waals surface area contributed by atoms with Gasteiger partial charge in [0.1, 0.15) is 0 Å². The van der Waals surface area contributed by atoms with E-state index in [-0.39, 0.29) is 18.1 Å². The van der Waals surface area contributed by atoms with Crippen LogP contribution in [0.3, 0.4) is 0 Å². The summed E-state index contributed by atoms with van der Waals surface area (Å²) in [6.07, 6.45) is 4.61. The molecule has 3 N–H and O–H groups in total. The average molecular weight is 242 g/mol. The van der Waals surface area contributed by atoms with Crippen LogP contribution in [-0.2, 0) is 4.79 Å². The van der Waals surface area contributed by atoms with Gasteiger partial charge in [-0.15, -0.1) is 0 Å². The van der Waals surface area contributed by atoms with Crippen molar-refractivity contribution in [2.24, 2.45) is 5.92 Å². The van der Waals surface area contributed by atoms with Crippen LogP contribution in [0.4, 0.5) is 0 Å². The van der Waals surface area contributed by atoms with Crippen molar-refractivity contribution >= 4 is 5.91 Å². The molecule has 4 heteroatoms. The van der Waals surface area contributed by atoms with E-state index in [0.717, 1.165) is 32.4 Å². The van der Waals surface area contributed by atoms with Crippen LogP contribution in [0, 0.1) is 5.92 Å². The molecule has 2 atom stereocenters. The molecule has 4 nitrogen and oxygen atoms in total. The Labute approximate surface area is 104 Å². The molecule has 1 aliphatic rings. The molecule has 1 aliphatic carbocycles. The van der Waals surface area contributed by atoms with Gasteiger partial charge >= 0.3 is 0 Å². The predicted octanol–water partition coefficient (Wildman–Crippen LogP) is 1.04. The summed E-state index contributed by atoms with van der Waals surface area (Å²) < 4.78 is 0. The summed E-state index contributed by atoms with van der Waals surface area (Å²) in [6, 6.07) is 0.219. The Morgan fingerprint density at radius 2 is 2.18 bits per heavy atom. The van der Waals surface area contributed by atoms with E-state index in [0.29, 0.717) is 12.3 Å². The highest BCUT2D eigenvalue weighted by atomic mass is 16.3. The number of aliphatic hydroxyl groups is 1. The molecule has 0 saturated heterocycles. The summed E-state index contributed by atoms with van der Waals surface area (Å²) in [4.78, 5) is 11.4. The van der Waals surface area contributed by atoms with Crippen molar-refractivity contribution in [3.63, 3.8) is 0 Å². The van der Waals surface area contributed by atoms with Crippen molar-refractivity contribution in [3.05, 3.63) is 0 Å². The lowest BCUT2D eigenvalue weighted by Crippen LogP contribution is -2.34. The zero-order valence-corrected chi connectivity index (χ0v) is 11.0. The number of carbonyl (C=O) groups excluding carboxylic acids is 1. The van der Waals surface area contributed by atoms with E-state index in [1.165, 1.54) is 6.42 Å². The Bertz CT molecular complexity index is 231. The number of hydrogen-bond acceptors (Lipinski definition) is 3. The highest BCUT2D eigenvalue weighted by molar-refractivity contribution is 5.76. The monoisotopic (exact) mass is 242 g/mol. The minimum absolute atomic E-state index is 0.108. The van der Waals surface area contributed by atoms with Crippen LogP contribution in [0.25, 0.3) is 0 Å². The molecule has 1 rings (SSSR count). The van der Waals surface area contributed by atoms with E-state index in [1.54, 1.807) is 0 Å². The molecule has 100 valence electrons. The summed E-state index contributed by atoms with van der Waals surface area (Å²) in [5.41, 5.74) is 0. The zero-order chi connectivity index (χ0) is 12.7. The standard InChI is InChI=1S/C13H26N2O2/c1-10(2)15-13(17)6-7-14-9-11-4-3-5-12(16)8-11/h10-12,14,16H,3-9H2,1-2H3,(H,15,17). The summed E-state index contributed by atoms with van der Waals surface area (Å²) in [6.45, 7) is 5.58. The zero-order valence-electron chi connectivity index (χ0n) is 11.0. The minimum Gasteiger partial charge on any atom is -0.393 e. The molecule has 0 spiro atoms. The van der Waals surface area contributed by atoms with Gasteiger partial charge in [0.25, 0.3) is 0 Å². The maximum Gasteiger partial charge on any atom is 0.221 e. The number of rotatable bonds is 6. The van der Waals surface area contributed by atoms with E-state index in [9.17, 15) is 9.90 Å². The van der Waals surface area contributed by atoms with Crippen LogP contribution in [0.2, 0.25) is 0 Å². The lowest BCUT2D eigenvalue weighted by molar-refractivity contribution is -0.121. The Morgan fingerprint density at radius 3 is 2.82 bits per heavy atom. The molecule has 1 amide bonds. The molecule has 2 unspecified atom stereocenters. The average Bonchev–Trinajstić information content (AvgIpc) is 2.23. The molecule has 0 bridgehead atoms. The van der Waals surface area contributed by atoms with Gasteiger partial charge in [0.05, 0.1) is 6.10 Å².